The lowest BCUT2D eigenvalue weighted by Crippen LogP contribution is -2.62. The third kappa shape index (κ3) is 7.35. The molecule has 10 heteroatoms. The van der Waals surface area contributed by atoms with Gasteiger partial charge in [-0.25, -0.2) is 19.2 Å². The Morgan fingerprint density at radius 2 is 0.841 bits per heavy atom. The van der Waals surface area contributed by atoms with Crippen molar-refractivity contribution >= 4 is 23.9 Å². The van der Waals surface area contributed by atoms with Crippen molar-refractivity contribution in [3.63, 3.8) is 0 Å². The van der Waals surface area contributed by atoms with Crippen LogP contribution in [-0.2, 0) is 23.7 Å². The summed E-state index contributed by atoms with van der Waals surface area (Å²) in [4.78, 5) is 52.3. The number of aliphatic hydroxyl groups excluding tert-OH is 1. The summed E-state index contributed by atoms with van der Waals surface area (Å²) in [7, 11) is 0. The number of ether oxygens (including phenoxy) is 5. The normalized spacial score (nSPS) is 21.0. The van der Waals surface area contributed by atoms with Gasteiger partial charge in [-0.3, -0.25) is 0 Å². The van der Waals surface area contributed by atoms with Gasteiger partial charge in [-0.05, 0) is 48.5 Å². The molecule has 5 rings (SSSR count). The van der Waals surface area contributed by atoms with Gasteiger partial charge in [0, 0.05) is 0 Å². The van der Waals surface area contributed by atoms with Gasteiger partial charge in [0.1, 0.15) is 12.7 Å². The molecule has 1 fully saturated rings. The zero-order chi connectivity index (χ0) is 30.9. The summed E-state index contributed by atoms with van der Waals surface area (Å²) in [5.41, 5.74) is 0.736. The highest BCUT2D eigenvalue weighted by molar-refractivity contribution is 5.91. The average molecular weight is 597 g/mol. The zero-order valence-corrected chi connectivity index (χ0v) is 23.3. The largest absolute Gasteiger partial charge is 0.459 e. The van der Waals surface area contributed by atoms with Crippen molar-refractivity contribution in [3.8, 4) is 0 Å². The predicted octanol–water partition coefficient (Wildman–Crippen LogP) is 4.24. The first-order chi connectivity index (χ1) is 21.4. The molecular weight excluding hydrogens is 568 g/mol. The molecule has 224 valence electrons. The first-order valence-electron chi connectivity index (χ1n) is 13.7. The van der Waals surface area contributed by atoms with Gasteiger partial charge in [0.25, 0.3) is 0 Å². The monoisotopic (exact) mass is 596 g/mol. The van der Waals surface area contributed by atoms with Crippen LogP contribution in [0.1, 0.15) is 41.4 Å². The van der Waals surface area contributed by atoms with Gasteiger partial charge in [-0.2, -0.15) is 0 Å². The molecule has 1 aliphatic heterocycles. The van der Waals surface area contributed by atoms with Crippen molar-refractivity contribution in [2.45, 2.75) is 30.7 Å². The van der Waals surface area contributed by atoms with E-state index in [2.05, 4.69) is 0 Å². The van der Waals surface area contributed by atoms with Crippen LogP contribution in [0.15, 0.2) is 121 Å². The Labute approximate surface area is 252 Å². The molecule has 1 heterocycles. The van der Waals surface area contributed by atoms with E-state index in [9.17, 15) is 24.3 Å². The van der Waals surface area contributed by atoms with E-state index in [0.717, 1.165) is 0 Å². The molecule has 1 aliphatic rings. The Hall–Kier alpha value is -5.32. The van der Waals surface area contributed by atoms with E-state index in [4.69, 9.17) is 23.7 Å². The second-order valence-corrected chi connectivity index (χ2v) is 9.74. The summed E-state index contributed by atoms with van der Waals surface area (Å²) in [5.74, 6) is -3.21. The van der Waals surface area contributed by atoms with E-state index >= 15 is 0 Å². The Kier molecular flexibility index (Phi) is 9.75. The average Bonchev–Trinajstić information content (AvgIpc) is 3.07. The zero-order valence-electron chi connectivity index (χ0n) is 23.3. The Balaban J connectivity index is 1.48. The smallest absolute Gasteiger partial charge is 0.338 e. The minimum Gasteiger partial charge on any atom is -0.459 e. The second-order valence-electron chi connectivity index (χ2n) is 9.74. The van der Waals surface area contributed by atoms with Crippen LogP contribution in [-0.4, -0.2) is 66.3 Å². The van der Waals surface area contributed by atoms with Crippen LogP contribution in [0.25, 0.3) is 0 Å². The summed E-state index contributed by atoms with van der Waals surface area (Å²) in [6.07, 6.45) is -7.89. The number of carbonyl (C=O) groups is 4. The van der Waals surface area contributed by atoms with Gasteiger partial charge >= 0.3 is 23.9 Å². The Morgan fingerprint density at radius 1 is 0.500 bits per heavy atom. The van der Waals surface area contributed by atoms with E-state index in [0.29, 0.717) is 0 Å². The van der Waals surface area contributed by atoms with Gasteiger partial charge in [0.05, 0.1) is 22.3 Å². The molecule has 0 saturated carbocycles. The molecule has 4 aromatic carbocycles. The molecular formula is C34H28O10. The van der Waals surface area contributed by atoms with Crippen LogP contribution in [0.3, 0.4) is 0 Å². The summed E-state index contributed by atoms with van der Waals surface area (Å²) in [6, 6.07) is 32.1. The fraction of sp³-hybridized carbons (Fsp3) is 0.176. The van der Waals surface area contributed by atoms with Gasteiger partial charge in [0.15, 0.2) is 24.6 Å². The molecule has 0 unspecified atom stereocenters. The van der Waals surface area contributed by atoms with Crippen molar-refractivity contribution in [1.82, 2.24) is 0 Å². The molecule has 0 radical (unpaired) electrons. The van der Waals surface area contributed by atoms with Crippen molar-refractivity contribution in [2.75, 3.05) is 6.61 Å². The summed E-state index contributed by atoms with van der Waals surface area (Å²) >= 11 is 0. The molecule has 0 aliphatic carbocycles. The highest BCUT2D eigenvalue weighted by Crippen LogP contribution is 2.30. The molecule has 1 N–H and O–H groups in total. The number of carbonyl (C=O) groups excluding carboxylic acids is 4. The van der Waals surface area contributed by atoms with Crippen LogP contribution >= 0.6 is 0 Å². The van der Waals surface area contributed by atoms with Crippen LogP contribution in [0.4, 0.5) is 0 Å². The summed E-state index contributed by atoms with van der Waals surface area (Å²) in [6.45, 7) is -0.504. The van der Waals surface area contributed by atoms with Crippen molar-refractivity contribution in [1.29, 1.82) is 0 Å². The fourth-order valence-corrected chi connectivity index (χ4v) is 4.54. The fourth-order valence-electron chi connectivity index (χ4n) is 4.54. The molecule has 0 bridgehead atoms. The SMILES string of the molecule is O=C(OC[C@H]1O[C@H](O)[C@@H](OC(=O)c2ccccc2)[C@H](OC(=O)c2ccccc2)[C@@H]1OC(=O)c1ccccc1)c1ccccc1. The molecule has 0 aromatic heterocycles. The molecule has 1 saturated heterocycles. The number of hydrogen-bond acceptors (Lipinski definition) is 10. The maximum absolute atomic E-state index is 13.3. The van der Waals surface area contributed by atoms with E-state index in [1.54, 1.807) is 84.9 Å². The molecule has 4 aromatic rings. The van der Waals surface area contributed by atoms with Crippen LogP contribution < -0.4 is 0 Å². The second kappa shape index (κ2) is 14.2. The van der Waals surface area contributed by atoms with Crippen LogP contribution in [0.5, 0.6) is 0 Å². The quantitative estimate of drug-likeness (QED) is 0.221. The number of rotatable bonds is 9. The number of hydrogen-bond donors (Lipinski definition) is 1. The van der Waals surface area contributed by atoms with E-state index in [1.807, 2.05) is 0 Å². The number of aliphatic hydroxyl groups is 1. The molecule has 0 amide bonds. The highest BCUT2D eigenvalue weighted by atomic mass is 16.7. The highest BCUT2D eigenvalue weighted by Gasteiger charge is 2.52. The van der Waals surface area contributed by atoms with Crippen LogP contribution in [0.2, 0.25) is 0 Å². The molecule has 5 atom stereocenters. The van der Waals surface area contributed by atoms with Crippen molar-refractivity contribution in [2.24, 2.45) is 0 Å². The number of benzene rings is 4. The topological polar surface area (TPSA) is 135 Å². The summed E-state index contributed by atoms with van der Waals surface area (Å²) in [5, 5.41) is 11.1. The third-order valence-electron chi connectivity index (χ3n) is 6.76. The minimum absolute atomic E-state index is 0.154. The van der Waals surface area contributed by atoms with Crippen molar-refractivity contribution in [3.05, 3.63) is 144 Å². The van der Waals surface area contributed by atoms with Gasteiger partial charge < -0.3 is 28.8 Å². The maximum Gasteiger partial charge on any atom is 0.338 e. The standard InChI is InChI=1S/C34H28O10/c35-30(22-13-5-1-6-14-22)40-21-26-27(42-31(36)23-15-7-2-8-16-23)28(43-32(37)24-17-9-3-10-18-24)29(34(39)41-26)44-33(38)25-19-11-4-12-20-25/h1-20,26-29,34,39H,21H2/t26-,27-,28-,29+,34+/m1/s1. The van der Waals surface area contributed by atoms with E-state index in [-0.39, 0.29) is 22.3 Å². The lowest BCUT2D eigenvalue weighted by atomic mass is 9.97. The van der Waals surface area contributed by atoms with E-state index in [1.165, 1.54) is 36.4 Å². The van der Waals surface area contributed by atoms with Gasteiger partial charge in [-0.15, -0.1) is 0 Å². The molecule has 10 nitrogen and oxygen atoms in total. The van der Waals surface area contributed by atoms with Crippen LogP contribution in [0, 0.1) is 0 Å². The Bertz CT molecular complexity index is 1560. The minimum atomic E-state index is -1.86. The lowest BCUT2D eigenvalue weighted by molar-refractivity contribution is -0.284. The molecule has 0 spiro atoms. The van der Waals surface area contributed by atoms with Gasteiger partial charge in [0.2, 0.25) is 0 Å². The number of esters is 4. The Morgan fingerprint density at radius 3 is 1.25 bits per heavy atom. The predicted molar refractivity (Wildman–Crippen MR) is 155 cm³/mol. The lowest BCUT2D eigenvalue weighted by Gasteiger charge is -2.42. The third-order valence-corrected chi connectivity index (χ3v) is 6.76. The van der Waals surface area contributed by atoms with Gasteiger partial charge in [-0.1, -0.05) is 72.8 Å². The first kappa shape index (κ1) is 30.1. The maximum atomic E-state index is 13.3. The van der Waals surface area contributed by atoms with Crippen molar-refractivity contribution < 1.29 is 48.0 Å². The molecule has 44 heavy (non-hydrogen) atoms. The summed E-state index contributed by atoms with van der Waals surface area (Å²) < 4.78 is 28.4. The first-order valence-corrected chi connectivity index (χ1v) is 13.7. The van der Waals surface area contributed by atoms with E-state index < -0.39 is 61.2 Å².